The van der Waals surface area contributed by atoms with Gasteiger partial charge in [-0.15, -0.1) is 28.1 Å². The highest BCUT2D eigenvalue weighted by Gasteiger charge is 2.15. The van der Waals surface area contributed by atoms with Gasteiger partial charge in [-0.05, 0) is 42.1 Å². The molecule has 0 bridgehead atoms. The third-order valence-corrected chi connectivity index (χ3v) is 6.19. The van der Waals surface area contributed by atoms with E-state index in [1.54, 1.807) is 29.7 Å². The summed E-state index contributed by atoms with van der Waals surface area (Å²) in [7, 11) is 0. The van der Waals surface area contributed by atoms with E-state index >= 15 is 0 Å². The molecule has 0 saturated heterocycles. The number of carbonyl (C=O) groups excluding carboxylic acids is 1. The first kappa shape index (κ1) is 21.9. The van der Waals surface area contributed by atoms with Gasteiger partial charge in [0.2, 0.25) is 5.91 Å². The van der Waals surface area contributed by atoms with Gasteiger partial charge in [0, 0.05) is 11.6 Å². The zero-order valence-electron chi connectivity index (χ0n) is 16.1. The number of anilines is 1. The number of hydrogen-bond acceptors (Lipinski definition) is 7. The average molecular weight is 460 g/mol. The molecular weight excluding hydrogens is 442 g/mol. The molecule has 1 N–H and O–H groups in total. The second-order valence-electron chi connectivity index (χ2n) is 6.11. The lowest BCUT2D eigenvalue weighted by Gasteiger charge is -2.10. The molecule has 1 aromatic carbocycles. The number of carbonyl (C=O) groups is 1. The smallest absolute Gasteiger partial charge is 0.235 e. The van der Waals surface area contributed by atoms with E-state index in [9.17, 15) is 4.79 Å². The summed E-state index contributed by atoms with van der Waals surface area (Å²) in [6.07, 6.45) is 1.73. The van der Waals surface area contributed by atoms with Crippen LogP contribution in [0.3, 0.4) is 0 Å². The lowest BCUT2D eigenvalue weighted by Crippen LogP contribution is -2.14. The van der Waals surface area contributed by atoms with E-state index in [-0.39, 0.29) is 18.3 Å². The number of thioether (sulfide) groups is 1. The standard InChI is InChI=1S/C20H18ClN5O2S2/c1-3-7-26-17(11-28-15-4-5-16(21)13(2)9-15)24-25-20(26)30-12-18(27)23-19-14(10-22)6-8-29-19/h3-6,8-9H,1,7,11-12H2,2H3,(H,23,27). The number of benzene rings is 1. The van der Waals surface area contributed by atoms with E-state index in [0.717, 1.165) is 5.56 Å². The maximum absolute atomic E-state index is 12.3. The number of nitriles is 1. The van der Waals surface area contributed by atoms with Gasteiger partial charge in [0.05, 0.1) is 11.3 Å². The van der Waals surface area contributed by atoms with Crippen LogP contribution in [0.5, 0.6) is 5.75 Å². The predicted molar refractivity (Wildman–Crippen MR) is 119 cm³/mol. The predicted octanol–water partition coefficient (Wildman–Crippen LogP) is 4.67. The molecule has 30 heavy (non-hydrogen) atoms. The van der Waals surface area contributed by atoms with Gasteiger partial charge in [-0.25, -0.2) is 0 Å². The van der Waals surface area contributed by atoms with Gasteiger partial charge in [0.15, 0.2) is 11.0 Å². The van der Waals surface area contributed by atoms with Gasteiger partial charge in [-0.2, -0.15) is 5.26 Å². The molecule has 3 aromatic rings. The Morgan fingerprint density at radius 3 is 3.03 bits per heavy atom. The summed E-state index contributed by atoms with van der Waals surface area (Å²) in [6.45, 7) is 6.38. The van der Waals surface area contributed by atoms with E-state index in [2.05, 4.69) is 22.1 Å². The maximum atomic E-state index is 12.3. The first-order valence-electron chi connectivity index (χ1n) is 8.84. The minimum absolute atomic E-state index is 0.134. The molecule has 0 atom stereocenters. The van der Waals surface area contributed by atoms with Crippen LogP contribution in [-0.4, -0.2) is 26.4 Å². The molecular formula is C20H18ClN5O2S2. The van der Waals surface area contributed by atoms with Crippen molar-refractivity contribution in [3.8, 4) is 11.8 Å². The number of halogens is 1. The van der Waals surface area contributed by atoms with Crippen molar-refractivity contribution in [1.82, 2.24) is 14.8 Å². The zero-order chi connectivity index (χ0) is 21.5. The van der Waals surface area contributed by atoms with Crippen molar-refractivity contribution >= 4 is 45.6 Å². The summed E-state index contributed by atoms with van der Waals surface area (Å²) in [5, 5.41) is 23.7. The van der Waals surface area contributed by atoms with Crippen LogP contribution in [0.1, 0.15) is 17.0 Å². The Morgan fingerprint density at radius 2 is 2.30 bits per heavy atom. The van der Waals surface area contributed by atoms with Crippen molar-refractivity contribution in [2.24, 2.45) is 0 Å². The van der Waals surface area contributed by atoms with Gasteiger partial charge >= 0.3 is 0 Å². The van der Waals surface area contributed by atoms with Crippen LogP contribution >= 0.6 is 34.7 Å². The number of amides is 1. The molecule has 0 saturated carbocycles. The molecule has 0 spiro atoms. The van der Waals surface area contributed by atoms with E-state index in [1.165, 1.54) is 23.1 Å². The first-order chi connectivity index (χ1) is 14.5. The Morgan fingerprint density at radius 1 is 1.47 bits per heavy atom. The quantitative estimate of drug-likeness (QED) is 0.369. The summed E-state index contributed by atoms with van der Waals surface area (Å²) < 4.78 is 7.66. The number of ether oxygens (including phenoxy) is 1. The fraction of sp³-hybridized carbons (Fsp3) is 0.200. The minimum atomic E-state index is -0.221. The zero-order valence-corrected chi connectivity index (χ0v) is 18.5. The lowest BCUT2D eigenvalue weighted by atomic mass is 10.2. The van der Waals surface area contributed by atoms with Crippen LogP contribution in [0.4, 0.5) is 5.00 Å². The van der Waals surface area contributed by atoms with E-state index < -0.39 is 0 Å². The van der Waals surface area contributed by atoms with Crippen LogP contribution < -0.4 is 10.1 Å². The van der Waals surface area contributed by atoms with Gasteiger partial charge in [0.25, 0.3) is 0 Å². The Kier molecular flexibility index (Phi) is 7.52. The van der Waals surface area contributed by atoms with E-state index in [1.807, 2.05) is 23.6 Å². The number of hydrogen-bond donors (Lipinski definition) is 1. The number of nitrogens with one attached hydrogen (secondary N) is 1. The molecule has 7 nitrogen and oxygen atoms in total. The molecule has 2 heterocycles. The Labute approximate surface area is 187 Å². The van der Waals surface area contributed by atoms with Crippen molar-refractivity contribution < 1.29 is 9.53 Å². The second kappa shape index (κ2) is 10.3. The monoisotopic (exact) mass is 459 g/mol. The highest BCUT2D eigenvalue weighted by molar-refractivity contribution is 7.99. The number of allylic oxidation sites excluding steroid dienone is 1. The molecule has 0 unspecified atom stereocenters. The van der Waals surface area contributed by atoms with Crippen molar-refractivity contribution in [3.63, 3.8) is 0 Å². The molecule has 3 rings (SSSR count). The maximum Gasteiger partial charge on any atom is 0.235 e. The van der Waals surface area contributed by atoms with Crippen molar-refractivity contribution in [2.75, 3.05) is 11.1 Å². The third kappa shape index (κ3) is 5.42. The summed E-state index contributed by atoms with van der Waals surface area (Å²) >= 11 is 8.61. The summed E-state index contributed by atoms with van der Waals surface area (Å²) in [5.74, 6) is 1.22. The average Bonchev–Trinajstić information content (AvgIpc) is 3.34. The summed E-state index contributed by atoms with van der Waals surface area (Å²) in [4.78, 5) is 12.3. The molecule has 154 valence electrons. The normalized spacial score (nSPS) is 10.4. The van der Waals surface area contributed by atoms with Gasteiger partial charge in [-0.1, -0.05) is 29.4 Å². The van der Waals surface area contributed by atoms with Crippen molar-refractivity contribution in [2.45, 2.75) is 25.2 Å². The fourth-order valence-corrected chi connectivity index (χ4v) is 4.12. The van der Waals surface area contributed by atoms with Crippen LogP contribution in [0, 0.1) is 18.3 Å². The fourth-order valence-electron chi connectivity index (χ4n) is 2.49. The summed E-state index contributed by atoms with van der Waals surface area (Å²) in [5.41, 5.74) is 1.37. The topological polar surface area (TPSA) is 92.8 Å². The molecule has 0 radical (unpaired) electrons. The molecule has 10 heteroatoms. The summed E-state index contributed by atoms with van der Waals surface area (Å²) in [6, 6.07) is 9.15. The number of rotatable bonds is 9. The first-order valence-corrected chi connectivity index (χ1v) is 11.1. The Balaban J connectivity index is 1.63. The second-order valence-corrected chi connectivity index (χ2v) is 8.38. The van der Waals surface area contributed by atoms with Crippen LogP contribution in [0.15, 0.2) is 47.5 Å². The molecule has 0 aliphatic carbocycles. The van der Waals surface area contributed by atoms with Gasteiger partial charge in [0.1, 0.15) is 23.4 Å². The van der Waals surface area contributed by atoms with E-state index in [0.29, 0.717) is 38.9 Å². The Bertz CT molecular complexity index is 1100. The minimum Gasteiger partial charge on any atom is -0.486 e. The number of aromatic nitrogens is 3. The molecule has 0 fully saturated rings. The van der Waals surface area contributed by atoms with Crippen molar-refractivity contribution in [3.05, 3.63) is 64.3 Å². The highest BCUT2D eigenvalue weighted by Crippen LogP contribution is 2.24. The van der Waals surface area contributed by atoms with Crippen LogP contribution in [0.25, 0.3) is 0 Å². The number of thiophene rings is 1. The Hall–Kier alpha value is -2.80. The largest absolute Gasteiger partial charge is 0.486 e. The van der Waals surface area contributed by atoms with Crippen LogP contribution in [0.2, 0.25) is 5.02 Å². The number of nitrogens with zero attached hydrogens (tertiary/aromatic N) is 4. The number of aryl methyl sites for hydroxylation is 1. The van der Waals surface area contributed by atoms with Crippen molar-refractivity contribution in [1.29, 1.82) is 5.26 Å². The molecule has 0 aliphatic rings. The third-order valence-electron chi connectivity index (χ3n) is 3.97. The molecule has 2 aromatic heterocycles. The van der Waals surface area contributed by atoms with Crippen LogP contribution in [-0.2, 0) is 17.9 Å². The van der Waals surface area contributed by atoms with Gasteiger partial charge in [-0.3, -0.25) is 9.36 Å². The van der Waals surface area contributed by atoms with Gasteiger partial charge < -0.3 is 10.1 Å². The highest BCUT2D eigenvalue weighted by atomic mass is 35.5. The lowest BCUT2D eigenvalue weighted by molar-refractivity contribution is -0.113. The molecule has 0 aliphatic heterocycles. The van der Waals surface area contributed by atoms with E-state index in [4.69, 9.17) is 21.6 Å². The molecule has 1 amide bonds. The SMILES string of the molecule is C=CCn1c(COc2ccc(Cl)c(C)c2)nnc1SCC(=O)Nc1sccc1C#N.